The van der Waals surface area contributed by atoms with E-state index in [4.69, 9.17) is 5.11 Å². The van der Waals surface area contributed by atoms with Gasteiger partial charge in [0, 0.05) is 5.57 Å². The van der Waals surface area contributed by atoms with Gasteiger partial charge in [-0.15, -0.1) is 0 Å². The van der Waals surface area contributed by atoms with E-state index in [1.54, 1.807) is 6.92 Å². The molecule has 1 aliphatic carbocycles. The molecule has 0 radical (unpaired) electrons. The molecule has 88 valence electrons. The first-order valence-corrected chi connectivity index (χ1v) is 5.74. The quantitative estimate of drug-likeness (QED) is 0.738. The van der Waals surface area contributed by atoms with Crippen molar-refractivity contribution in [1.82, 2.24) is 0 Å². The monoisotopic (exact) mass is 220 g/mol. The van der Waals surface area contributed by atoms with E-state index < -0.39 is 5.97 Å². The molecule has 0 aromatic rings. The fourth-order valence-electron chi connectivity index (χ4n) is 1.94. The zero-order valence-corrected chi connectivity index (χ0v) is 10.4. The number of allylic oxidation sites excluding steroid dienone is 5. The molecule has 0 saturated carbocycles. The lowest BCUT2D eigenvalue weighted by Crippen LogP contribution is -2.07. The highest BCUT2D eigenvalue weighted by Gasteiger charge is 2.15. The van der Waals surface area contributed by atoms with Gasteiger partial charge in [-0.3, -0.25) is 0 Å². The van der Waals surface area contributed by atoms with E-state index in [1.807, 2.05) is 6.08 Å². The summed E-state index contributed by atoms with van der Waals surface area (Å²) in [4.78, 5) is 10.8. The molecule has 0 bridgehead atoms. The average Bonchev–Trinajstić information content (AvgIpc) is 2.16. The summed E-state index contributed by atoms with van der Waals surface area (Å²) in [6.07, 6.45) is 7.09. The third-order valence-corrected chi connectivity index (χ3v) is 2.87. The van der Waals surface area contributed by atoms with Crippen molar-refractivity contribution in [1.29, 1.82) is 0 Å². The van der Waals surface area contributed by atoms with E-state index in [9.17, 15) is 4.79 Å². The molecular formula is C14H20O2. The molecule has 16 heavy (non-hydrogen) atoms. The minimum absolute atomic E-state index is 0.413. The van der Waals surface area contributed by atoms with Gasteiger partial charge >= 0.3 is 5.97 Å². The Morgan fingerprint density at radius 3 is 2.69 bits per heavy atom. The fraction of sp³-hybridized carbons (Fsp3) is 0.500. The van der Waals surface area contributed by atoms with Crippen LogP contribution in [0.3, 0.4) is 0 Å². The lowest BCUT2D eigenvalue weighted by molar-refractivity contribution is -0.132. The first-order valence-electron chi connectivity index (χ1n) is 5.74. The van der Waals surface area contributed by atoms with Crippen molar-refractivity contribution in [3.63, 3.8) is 0 Å². The number of rotatable bonds is 3. The van der Waals surface area contributed by atoms with Crippen LogP contribution in [0.5, 0.6) is 0 Å². The molecule has 2 nitrogen and oxygen atoms in total. The predicted molar refractivity (Wildman–Crippen MR) is 66.2 cm³/mol. The lowest BCUT2D eigenvalue weighted by atomic mass is 9.85. The van der Waals surface area contributed by atoms with Gasteiger partial charge in [0.15, 0.2) is 0 Å². The van der Waals surface area contributed by atoms with E-state index in [1.165, 1.54) is 11.1 Å². The maximum Gasteiger partial charge on any atom is 0.331 e. The molecule has 1 rings (SSSR count). The van der Waals surface area contributed by atoms with Crippen molar-refractivity contribution in [2.45, 2.75) is 34.1 Å². The maximum atomic E-state index is 10.8. The van der Waals surface area contributed by atoms with Crippen molar-refractivity contribution in [3.8, 4) is 0 Å². The summed E-state index contributed by atoms with van der Waals surface area (Å²) >= 11 is 0. The Morgan fingerprint density at radius 2 is 2.19 bits per heavy atom. The van der Waals surface area contributed by atoms with Crippen molar-refractivity contribution >= 4 is 5.97 Å². The van der Waals surface area contributed by atoms with Gasteiger partial charge in [0.2, 0.25) is 0 Å². The van der Waals surface area contributed by atoms with Crippen LogP contribution in [-0.4, -0.2) is 11.1 Å². The van der Waals surface area contributed by atoms with E-state index in [0.717, 1.165) is 6.42 Å². The Labute approximate surface area is 97.4 Å². The Morgan fingerprint density at radius 1 is 1.56 bits per heavy atom. The summed E-state index contributed by atoms with van der Waals surface area (Å²) in [7, 11) is 0. The third kappa shape index (κ3) is 3.09. The van der Waals surface area contributed by atoms with Crippen LogP contribution >= 0.6 is 0 Å². The van der Waals surface area contributed by atoms with Gasteiger partial charge in [0.25, 0.3) is 0 Å². The summed E-state index contributed by atoms with van der Waals surface area (Å²) in [5.74, 6) is 0.102. The molecule has 0 aromatic heterocycles. The van der Waals surface area contributed by atoms with Crippen molar-refractivity contribution in [2.75, 3.05) is 0 Å². The van der Waals surface area contributed by atoms with Crippen LogP contribution in [-0.2, 0) is 4.79 Å². The lowest BCUT2D eigenvalue weighted by Gasteiger charge is -2.20. The van der Waals surface area contributed by atoms with Gasteiger partial charge in [-0.1, -0.05) is 32.9 Å². The Balaban J connectivity index is 3.09. The highest BCUT2D eigenvalue weighted by molar-refractivity contribution is 5.86. The highest BCUT2D eigenvalue weighted by Crippen LogP contribution is 2.29. The number of carbonyl (C=O) groups is 1. The predicted octanol–water partition coefficient (Wildman–Crippen LogP) is 3.57. The number of hydrogen-bond donors (Lipinski definition) is 1. The fourth-order valence-corrected chi connectivity index (χ4v) is 1.94. The van der Waals surface area contributed by atoms with Gasteiger partial charge < -0.3 is 5.11 Å². The van der Waals surface area contributed by atoms with Crippen LogP contribution in [0.15, 0.2) is 34.9 Å². The first-order chi connectivity index (χ1) is 7.41. The highest BCUT2D eigenvalue weighted by atomic mass is 16.4. The second-order valence-electron chi connectivity index (χ2n) is 4.81. The molecular weight excluding hydrogens is 200 g/mol. The van der Waals surface area contributed by atoms with Gasteiger partial charge in [-0.05, 0) is 42.4 Å². The summed E-state index contributed by atoms with van der Waals surface area (Å²) in [5, 5.41) is 8.89. The molecule has 0 amide bonds. The summed E-state index contributed by atoms with van der Waals surface area (Å²) in [5.41, 5.74) is 2.85. The van der Waals surface area contributed by atoms with Crippen molar-refractivity contribution in [3.05, 3.63) is 34.9 Å². The van der Waals surface area contributed by atoms with Crippen LogP contribution in [0.4, 0.5) is 0 Å². The van der Waals surface area contributed by atoms with Crippen LogP contribution in [0.1, 0.15) is 34.1 Å². The molecule has 0 aliphatic heterocycles. The molecule has 1 unspecified atom stereocenters. The minimum atomic E-state index is -0.835. The zero-order chi connectivity index (χ0) is 12.3. The van der Waals surface area contributed by atoms with E-state index >= 15 is 0 Å². The Bertz CT molecular complexity index is 370. The molecule has 1 N–H and O–H groups in total. The number of carboxylic acid groups (broad SMARTS) is 1. The molecule has 0 aromatic carbocycles. The summed E-state index contributed by atoms with van der Waals surface area (Å²) in [6, 6.07) is 0. The maximum absolute atomic E-state index is 10.8. The largest absolute Gasteiger partial charge is 0.478 e. The topological polar surface area (TPSA) is 37.3 Å². The zero-order valence-electron chi connectivity index (χ0n) is 10.4. The minimum Gasteiger partial charge on any atom is -0.478 e. The Hall–Kier alpha value is -1.31. The molecule has 0 heterocycles. The molecule has 1 atom stereocenters. The summed E-state index contributed by atoms with van der Waals surface area (Å²) in [6.45, 7) is 8.08. The summed E-state index contributed by atoms with van der Waals surface area (Å²) < 4.78 is 0. The van der Waals surface area contributed by atoms with Gasteiger partial charge in [-0.2, -0.15) is 0 Å². The van der Waals surface area contributed by atoms with Crippen LogP contribution < -0.4 is 0 Å². The number of hydrogen-bond acceptors (Lipinski definition) is 1. The second kappa shape index (κ2) is 5.15. The normalized spacial score (nSPS) is 21.8. The third-order valence-electron chi connectivity index (χ3n) is 2.87. The van der Waals surface area contributed by atoms with E-state index in [-0.39, 0.29) is 0 Å². The van der Waals surface area contributed by atoms with Crippen LogP contribution in [0.2, 0.25) is 0 Å². The molecule has 0 fully saturated rings. The van der Waals surface area contributed by atoms with Gasteiger partial charge in [-0.25, -0.2) is 4.79 Å². The molecule has 1 aliphatic rings. The second-order valence-corrected chi connectivity index (χ2v) is 4.81. The van der Waals surface area contributed by atoms with Gasteiger partial charge in [0.1, 0.15) is 0 Å². The smallest absolute Gasteiger partial charge is 0.331 e. The average molecular weight is 220 g/mol. The molecule has 2 heteroatoms. The first kappa shape index (κ1) is 12.8. The van der Waals surface area contributed by atoms with Crippen LogP contribution in [0, 0.1) is 11.8 Å². The standard InChI is InChI=1S/C14H20O2/c1-9(2)13-6-5-10(3)7-12(13)8-11(4)14(15)16/h5-6,8-10H,7H2,1-4H3,(H,15,16). The molecule has 0 spiro atoms. The van der Waals surface area contributed by atoms with E-state index in [2.05, 4.69) is 32.9 Å². The van der Waals surface area contributed by atoms with Crippen molar-refractivity contribution < 1.29 is 9.90 Å². The van der Waals surface area contributed by atoms with Crippen molar-refractivity contribution in [2.24, 2.45) is 11.8 Å². The molecule has 0 saturated heterocycles. The number of carboxylic acids is 1. The van der Waals surface area contributed by atoms with Gasteiger partial charge in [0.05, 0.1) is 0 Å². The Kier molecular flexibility index (Phi) is 4.11. The number of aliphatic carboxylic acids is 1. The van der Waals surface area contributed by atoms with Crippen LogP contribution in [0.25, 0.3) is 0 Å². The van der Waals surface area contributed by atoms with E-state index in [0.29, 0.717) is 17.4 Å². The SMILES string of the molecule is CC(=CC1=C(C(C)C)C=CC(C)C1)C(=O)O.